The van der Waals surface area contributed by atoms with Gasteiger partial charge in [-0.15, -0.1) is 0 Å². The molecule has 96 valence electrons. The Kier molecular flexibility index (Phi) is 6.10. The number of benzene rings is 1. The van der Waals surface area contributed by atoms with Crippen molar-refractivity contribution in [3.63, 3.8) is 0 Å². The molecule has 1 rings (SSSR count). The minimum atomic E-state index is 0.617. The number of nitrogens with one attached hydrogen (secondary N) is 1. The Bertz CT molecular complexity index is 300. The first-order chi connectivity index (χ1) is 8.17. The molecule has 0 amide bonds. The summed E-state index contributed by atoms with van der Waals surface area (Å²) in [4.78, 5) is 0. The summed E-state index contributed by atoms with van der Waals surface area (Å²) in [5.74, 6) is 0.617. The molecule has 1 atom stereocenters. The molecular formula is C16H27N. The first-order valence-corrected chi connectivity index (χ1v) is 7.03. The van der Waals surface area contributed by atoms with E-state index in [0.29, 0.717) is 12.0 Å². The number of rotatable bonds is 7. The minimum absolute atomic E-state index is 0.617. The van der Waals surface area contributed by atoms with Crippen molar-refractivity contribution in [1.29, 1.82) is 0 Å². The van der Waals surface area contributed by atoms with Crippen molar-refractivity contribution in [2.45, 2.75) is 65.3 Å². The fraction of sp³-hybridized carbons (Fsp3) is 0.625. The fourth-order valence-corrected chi connectivity index (χ4v) is 2.03. The average Bonchev–Trinajstić information content (AvgIpc) is 2.35. The molecule has 0 fully saturated rings. The zero-order chi connectivity index (χ0) is 12.7. The molecule has 0 aromatic heterocycles. The molecule has 0 radical (unpaired) electrons. The van der Waals surface area contributed by atoms with Crippen molar-refractivity contribution in [1.82, 2.24) is 0 Å². The lowest BCUT2D eigenvalue weighted by Crippen LogP contribution is -2.18. The number of hydrogen-bond donors (Lipinski definition) is 1. The van der Waals surface area contributed by atoms with E-state index in [2.05, 4.69) is 57.3 Å². The summed E-state index contributed by atoms with van der Waals surface area (Å²) in [6.45, 7) is 8.98. The highest BCUT2D eigenvalue weighted by atomic mass is 14.9. The van der Waals surface area contributed by atoms with E-state index in [4.69, 9.17) is 0 Å². The number of unbranched alkanes of at least 4 members (excludes halogenated alkanes) is 1. The van der Waals surface area contributed by atoms with Crippen LogP contribution in [-0.4, -0.2) is 6.04 Å². The van der Waals surface area contributed by atoms with Crippen LogP contribution in [0.2, 0.25) is 0 Å². The smallest absolute Gasteiger partial charge is 0.0342 e. The zero-order valence-corrected chi connectivity index (χ0v) is 11.8. The fourth-order valence-electron chi connectivity index (χ4n) is 2.03. The maximum atomic E-state index is 3.63. The molecule has 1 N–H and O–H groups in total. The van der Waals surface area contributed by atoms with Crippen molar-refractivity contribution < 1.29 is 0 Å². The van der Waals surface area contributed by atoms with E-state index in [1.54, 1.807) is 0 Å². The average molecular weight is 233 g/mol. The van der Waals surface area contributed by atoms with Crippen LogP contribution in [0.25, 0.3) is 0 Å². The largest absolute Gasteiger partial charge is 0.382 e. The molecule has 17 heavy (non-hydrogen) atoms. The molecule has 0 heterocycles. The molecule has 1 heteroatoms. The molecule has 0 saturated carbocycles. The van der Waals surface area contributed by atoms with Gasteiger partial charge in [0.05, 0.1) is 0 Å². The third-order valence-electron chi connectivity index (χ3n) is 3.35. The summed E-state index contributed by atoms with van der Waals surface area (Å²) >= 11 is 0. The van der Waals surface area contributed by atoms with E-state index in [0.717, 1.165) is 0 Å². The first-order valence-electron chi connectivity index (χ1n) is 7.03. The molecule has 1 unspecified atom stereocenters. The maximum Gasteiger partial charge on any atom is 0.0342 e. The van der Waals surface area contributed by atoms with Crippen LogP contribution >= 0.6 is 0 Å². The molecule has 1 aromatic rings. The summed E-state index contributed by atoms with van der Waals surface area (Å²) in [5, 5.41) is 3.63. The molecule has 0 saturated heterocycles. The lowest BCUT2D eigenvalue weighted by molar-refractivity contribution is 0.593. The molecule has 1 aromatic carbocycles. The van der Waals surface area contributed by atoms with Crippen molar-refractivity contribution in [3.05, 3.63) is 29.8 Å². The van der Waals surface area contributed by atoms with E-state index < -0.39 is 0 Å². The standard InChI is InChI=1S/C16H27N/c1-5-7-8-15(6-2)17-16-11-9-14(10-12-16)13(3)4/h9-13,15,17H,5-8H2,1-4H3. The van der Waals surface area contributed by atoms with E-state index in [1.165, 1.54) is 36.9 Å². The first kappa shape index (κ1) is 14.1. The highest BCUT2D eigenvalue weighted by Gasteiger charge is 2.05. The molecule has 0 spiro atoms. The Balaban J connectivity index is 2.54. The van der Waals surface area contributed by atoms with Crippen molar-refractivity contribution in [3.8, 4) is 0 Å². The van der Waals surface area contributed by atoms with Gasteiger partial charge in [0.15, 0.2) is 0 Å². The molecular weight excluding hydrogens is 206 g/mol. The Morgan fingerprint density at radius 1 is 1.06 bits per heavy atom. The molecule has 0 bridgehead atoms. The number of hydrogen-bond acceptors (Lipinski definition) is 1. The normalized spacial score (nSPS) is 12.8. The maximum absolute atomic E-state index is 3.63. The second kappa shape index (κ2) is 7.37. The summed E-state index contributed by atoms with van der Waals surface area (Å²) < 4.78 is 0. The predicted octanol–water partition coefficient (Wildman–Crippen LogP) is 5.19. The quantitative estimate of drug-likeness (QED) is 0.683. The van der Waals surface area contributed by atoms with Crippen LogP contribution in [0.5, 0.6) is 0 Å². The summed E-state index contributed by atoms with van der Waals surface area (Å²) in [6.07, 6.45) is 5.07. The van der Waals surface area contributed by atoms with Gasteiger partial charge in [-0.2, -0.15) is 0 Å². The van der Waals surface area contributed by atoms with E-state index in [-0.39, 0.29) is 0 Å². The van der Waals surface area contributed by atoms with Gasteiger partial charge in [0.1, 0.15) is 0 Å². The third-order valence-corrected chi connectivity index (χ3v) is 3.35. The lowest BCUT2D eigenvalue weighted by atomic mass is 10.0. The second-order valence-corrected chi connectivity index (χ2v) is 5.17. The molecule has 0 aliphatic heterocycles. The van der Waals surface area contributed by atoms with Gasteiger partial charge in [-0.3, -0.25) is 0 Å². The SMILES string of the molecule is CCCCC(CC)Nc1ccc(C(C)C)cc1. The lowest BCUT2D eigenvalue weighted by Gasteiger charge is -2.18. The predicted molar refractivity (Wildman–Crippen MR) is 77.8 cm³/mol. The Morgan fingerprint density at radius 3 is 2.18 bits per heavy atom. The Morgan fingerprint density at radius 2 is 1.71 bits per heavy atom. The Labute approximate surface area is 107 Å². The Hall–Kier alpha value is -0.980. The van der Waals surface area contributed by atoms with Gasteiger partial charge >= 0.3 is 0 Å². The van der Waals surface area contributed by atoms with Crippen LogP contribution in [0.15, 0.2) is 24.3 Å². The third kappa shape index (κ3) is 4.80. The second-order valence-electron chi connectivity index (χ2n) is 5.17. The van der Waals surface area contributed by atoms with Crippen LogP contribution in [0.1, 0.15) is 64.9 Å². The van der Waals surface area contributed by atoms with Gasteiger partial charge in [-0.25, -0.2) is 0 Å². The highest BCUT2D eigenvalue weighted by molar-refractivity contribution is 5.45. The van der Waals surface area contributed by atoms with Crippen LogP contribution < -0.4 is 5.32 Å². The molecule has 0 aliphatic rings. The highest BCUT2D eigenvalue weighted by Crippen LogP contribution is 2.19. The van der Waals surface area contributed by atoms with E-state index in [9.17, 15) is 0 Å². The van der Waals surface area contributed by atoms with Gasteiger partial charge in [0.2, 0.25) is 0 Å². The van der Waals surface area contributed by atoms with Gasteiger partial charge in [0, 0.05) is 11.7 Å². The number of anilines is 1. The van der Waals surface area contributed by atoms with Crippen LogP contribution in [0, 0.1) is 0 Å². The van der Waals surface area contributed by atoms with Gasteiger partial charge in [-0.1, -0.05) is 52.7 Å². The van der Waals surface area contributed by atoms with Crippen molar-refractivity contribution in [2.75, 3.05) is 5.32 Å². The molecule has 1 nitrogen and oxygen atoms in total. The monoisotopic (exact) mass is 233 g/mol. The zero-order valence-electron chi connectivity index (χ0n) is 11.8. The van der Waals surface area contributed by atoms with Gasteiger partial charge in [0.25, 0.3) is 0 Å². The van der Waals surface area contributed by atoms with Crippen molar-refractivity contribution >= 4 is 5.69 Å². The summed E-state index contributed by atoms with van der Waals surface area (Å²) in [5.41, 5.74) is 2.68. The van der Waals surface area contributed by atoms with E-state index in [1.807, 2.05) is 0 Å². The summed E-state index contributed by atoms with van der Waals surface area (Å²) in [6, 6.07) is 9.52. The van der Waals surface area contributed by atoms with Crippen LogP contribution in [-0.2, 0) is 0 Å². The summed E-state index contributed by atoms with van der Waals surface area (Å²) in [7, 11) is 0. The van der Waals surface area contributed by atoms with Crippen LogP contribution in [0.4, 0.5) is 5.69 Å². The van der Waals surface area contributed by atoms with Crippen molar-refractivity contribution in [2.24, 2.45) is 0 Å². The minimum Gasteiger partial charge on any atom is -0.382 e. The van der Waals surface area contributed by atoms with Gasteiger partial charge < -0.3 is 5.32 Å². The van der Waals surface area contributed by atoms with E-state index >= 15 is 0 Å². The molecule has 0 aliphatic carbocycles. The topological polar surface area (TPSA) is 12.0 Å². The van der Waals surface area contributed by atoms with Crippen LogP contribution in [0.3, 0.4) is 0 Å². The van der Waals surface area contributed by atoms with Gasteiger partial charge in [-0.05, 0) is 36.5 Å².